The maximum absolute atomic E-state index is 12.1. The standard InChI is InChI=1S/C14H19N3O3/c1-10(18)17-7-5-12(6-8-17)15-14(20)11-3-4-13(19)16(2)9-11/h3-4,9,12H,5-8H2,1-2H3,(H,15,20). The third kappa shape index (κ3) is 3.26. The second kappa shape index (κ2) is 5.90. The molecule has 0 aliphatic carbocycles. The van der Waals surface area contributed by atoms with Crippen LogP contribution in [0.25, 0.3) is 0 Å². The van der Waals surface area contributed by atoms with E-state index in [0.29, 0.717) is 18.7 Å². The van der Waals surface area contributed by atoms with Crippen molar-refractivity contribution in [1.29, 1.82) is 0 Å². The summed E-state index contributed by atoms with van der Waals surface area (Å²) in [5.41, 5.74) is 0.331. The lowest BCUT2D eigenvalue weighted by Crippen LogP contribution is -2.46. The lowest BCUT2D eigenvalue weighted by molar-refractivity contribution is -0.129. The molecule has 2 amide bonds. The van der Waals surface area contributed by atoms with Gasteiger partial charge in [0.05, 0.1) is 5.56 Å². The smallest absolute Gasteiger partial charge is 0.252 e. The summed E-state index contributed by atoms with van der Waals surface area (Å²) in [6.07, 6.45) is 3.05. The van der Waals surface area contributed by atoms with Gasteiger partial charge in [-0.1, -0.05) is 0 Å². The first-order valence-corrected chi connectivity index (χ1v) is 6.70. The monoisotopic (exact) mass is 277 g/mol. The Hall–Kier alpha value is -2.11. The number of piperidine rings is 1. The van der Waals surface area contributed by atoms with Gasteiger partial charge in [-0.15, -0.1) is 0 Å². The van der Waals surface area contributed by atoms with E-state index in [1.165, 1.54) is 22.9 Å². The van der Waals surface area contributed by atoms with Crippen LogP contribution in [-0.4, -0.2) is 40.4 Å². The van der Waals surface area contributed by atoms with Gasteiger partial charge in [0.25, 0.3) is 5.91 Å². The number of nitrogens with one attached hydrogen (secondary N) is 1. The molecule has 20 heavy (non-hydrogen) atoms. The third-order valence-corrected chi connectivity index (χ3v) is 3.62. The van der Waals surface area contributed by atoms with Gasteiger partial charge < -0.3 is 14.8 Å². The van der Waals surface area contributed by atoms with Crippen LogP contribution in [0.3, 0.4) is 0 Å². The molecule has 1 aromatic rings. The van der Waals surface area contributed by atoms with Crippen molar-refractivity contribution in [2.24, 2.45) is 7.05 Å². The minimum atomic E-state index is -0.179. The highest BCUT2D eigenvalue weighted by atomic mass is 16.2. The highest BCUT2D eigenvalue weighted by molar-refractivity contribution is 5.94. The molecule has 0 atom stereocenters. The van der Waals surface area contributed by atoms with Crippen LogP contribution in [0.4, 0.5) is 0 Å². The summed E-state index contributed by atoms with van der Waals surface area (Å²) in [7, 11) is 1.62. The number of hydrogen-bond donors (Lipinski definition) is 1. The van der Waals surface area contributed by atoms with Gasteiger partial charge in [-0.25, -0.2) is 0 Å². The SMILES string of the molecule is CC(=O)N1CCC(NC(=O)c2ccc(=O)n(C)c2)CC1. The number of likely N-dealkylation sites (tertiary alicyclic amines) is 1. The number of nitrogens with zero attached hydrogens (tertiary/aromatic N) is 2. The molecule has 6 heteroatoms. The Morgan fingerprint density at radius 1 is 1.25 bits per heavy atom. The summed E-state index contributed by atoms with van der Waals surface area (Å²) >= 11 is 0. The van der Waals surface area contributed by atoms with Crippen molar-refractivity contribution in [1.82, 2.24) is 14.8 Å². The molecule has 1 fully saturated rings. The van der Waals surface area contributed by atoms with Crippen molar-refractivity contribution >= 4 is 11.8 Å². The molecule has 2 rings (SSSR count). The quantitative estimate of drug-likeness (QED) is 0.835. The highest BCUT2D eigenvalue weighted by Gasteiger charge is 2.22. The Balaban J connectivity index is 1.94. The maximum atomic E-state index is 12.1. The zero-order chi connectivity index (χ0) is 14.7. The van der Waals surface area contributed by atoms with E-state index in [1.807, 2.05) is 0 Å². The summed E-state index contributed by atoms with van der Waals surface area (Å²) in [5.74, 6) is -0.102. The van der Waals surface area contributed by atoms with E-state index in [-0.39, 0.29) is 23.4 Å². The molecule has 0 aromatic carbocycles. The van der Waals surface area contributed by atoms with E-state index in [2.05, 4.69) is 5.32 Å². The van der Waals surface area contributed by atoms with E-state index in [0.717, 1.165) is 12.8 Å². The van der Waals surface area contributed by atoms with E-state index in [4.69, 9.17) is 0 Å². The molecule has 1 saturated heterocycles. The van der Waals surface area contributed by atoms with Gasteiger partial charge in [-0.2, -0.15) is 0 Å². The Labute approximate surface area is 117 Å². The molecule has 1 aliphatic heterocycles. The van der Waals surface area contributed by atoms with Crippen molar-refractivity contribution in [3.05, 3.63) is 34.2 Å². The summed E-state index contributed by atoms with van der Waals surface area (Å²) in [4.78, 5) is 36.4. The average Bonchev–Trinajstić information content (AvgIpc) is 2.42. The molecule has 0 bridgehead atoms. The number of carbonyl (C=O) groups is 2. The first-order valence-electron chi connectivity index (χ1n) is 6.70. The summed E-state index contributed by atoms with van der Waals surface area (Å²) < 4.78 is 1.38. The van der Waals surface area contributed by atoms with Crippen LogP contribution in [0.1, 0.15) is 30.1 Å². The van der Waals surface area contributed by atoms with Gasteiger partial charge in [-0.3, -0.25) is 14.4 Å². The van der Waals surface area contributed by atoms with Crippen molar-refractivity contribution in [2.75, 3.05) is 13.1 Å². The maximum Gasteiger partial charge on any atom is 0.252 e. The molecular weight excluding hydrogens is 258 g/mol. The van der Waals surface area contributed by atoms with E-state index in [1.54, 1.807) is 18.9 Å². The summed E-state index contributed by atoms with van der Waals surface area (Å²) in [6.45, 7) is 2.91. The molecule has 1 N–H and O–H groups in total. The van der Waals surface area contributed by atoms with Crippen LogP contribution in [0, 0.1) is 0 Å². The molecule has 0 spiro atoms. The number of carbonyl (C=O) groups excluding carboxylic acids is 2. The van der Waals surface area contributed by atoms with E-state index >= 15 is 0 Å². The largest absolute Gasteiger partial charge is 0.349 e. The Kier molecular flexibility index (Phi) is 4.22. The minimum absolute atomic E-state index is 0.0767. The molecule has 6 nitrogen and oxygen atoms in total. The van der Waals surface area contributed by atoms with Crippen molar-refractivity contribution in [3.63, 3.8) is 0 Å². The highest BCUT2D eigenvalue weighted by Crippen LogP contribution is 2.11. The van der Waals surface area contributed by atoms with E-state index < -0.39 is 0 Å². The molecule has 1 aliphatic rings. The zero-order valence-electron chi connectivity index (χ0n) is 11.8. The molecule has 2 heterocycles. The molecule has 0 unspecified atom stereocenters. The number of rotatable bonds is 2. The van der Waals surface area contributed by atoms with Crippen LogP contribution in [0.2, 0.25) is 0 Å². The second-order valence-electron chi connectivity index (χ2n) is 5.12. The number of hydrogen-bond acceptors (Lipinski definition) is 3. The Morgan fingerprint density at radius 2 is 1.90 bits per heavy atom. The number of pyridine rings is 1. The predicted molar refractivity (Wildman–Crippen MR) is 74.4 cm³/mol. The van der Waals surface area contributed by atoms with Crippen LogP contribution in [0.5, 0.6) is 0 Å². The van der Waals surface area contributed by atoms with Gasteiger partial charge in [0.2, 0.25) is 11.5 Å². The molecule has 1 aromatic heterocycles. The van der Waals surface area contributed by atoms with Crippen molar-refractivity contribution in [3.8, 4) is 0 Å². The van der Waals surface area contributed by atoms with Crippen LogP contribution >= 0.6 is 0 Å². The fourth-order valence-corrected chi connectivity index (χ4v) is 2.34. The van der Waals surface area contributed by atoms with Crippen LogP contribution < -0.4 is 10.9 Å². The molecule has 108 valence electrons. The van der Waals surface area contributed by atoms with Crippen LogP contribution in [-0.2, 0) is 11.8 Å². The first kappa shape index (κ1) is 14.3. The fourth-order valence-electron chi connectivity index (χ4n) is 2.34. The number of amides is 2. The third-order valence-electron chi connectivity index (χ3n) is 3.62. The zero-order valence-corrected chi connectivity index (χ0v) is 11.8. The predicted octanol–water partition coefficient (Wildman–Crippen LogP) is 0.126. The van der Waals surface area contributed by atoms with Crippen molar-refractivity contribution in [2.45, 2.75) is 25.8 Å². The van der Waals surface area contributed by atoms with Gasteiger partial charge in [0.15, 0.2) is 0 Å². The number of aryl methyl sites for hydroxylation is 1. The van der Waals surface area contributed by atoms with Gasteiger partial charge in [-0.05, 0) is 18.9 Å². The molecule has 0 radical (unpaired) electrons. The average molecular weight is 277 g/mol. The lowest BCUT2D eigenvalue weighted by Gasteiger charge is -2.31. The molecule has 0 saturated carbocycles. The van der Waals surface area contributed by atoms with Crippen LogP contribution in [0.15, 0.2) is 23.1 Å². The van der Waals surface area contributed by atoms with Gasteiger partial charge in [0.1, 0.15) is 0 Å². The summed E-state index contributed by atoms with van der Waals surface area (Å²) in [5, 5.41) is 2.95. The molecular formula is C14H19N3O3. The lowest BCUT2D eigenvalue weighted by atomic mass is 10.0. The van der Waals surface area contributed by atoms with Gasteiger partial charge in [0, 0.05) is 45.4 Å². The normalized spacial score (nSPS) is 16.0. The topological polar surface area (TPSA) is 71.4 Å². The minimum Gasteiger partial charge on any atom is -0.349 e. The van der Waals surface area contributed by atoms with Gasteiger partial charge >= 0.3 is 0 Å². The Bertz CT molecular complexity index is 571. The van der Waals surface area contributed by atoms with E-state index in [9.17, 15) is 14.4 Å². The first-order chi connectivity index (χ1) is 9.47. The fraction of sp³-hybridized carbons (Fsp3) is 0.500. The Morgan fingerprint density at radius 3 is 2.45 bits per heavy atom. The second-order valence-corrected chi connectivity index (χ2v) is 5.12. The summed E-state index contributed by atoms with van der Waals surface area (Å²) in [6, 6.07) is 2.99. The van der Waals surface area contributed by atoms with Crippen molar-refractivity contribution < 1.29 is 9.59 Å². The number of aromatic nitrogens is 1.